The lowest BCUT2D eigenvalue weighted by Crippen LogP contribution is -2.28. The number of rotatable bonds is 7. The normalized spacial score (nSPS) is 31.2. The zero-order chi connectivity index (χ0) is 11.4. The molecule has 2 atom stereocenters. The summed E-state index contributed by atoms with van der Waals surface area (Å²) >= 11 is 0. The Morgan fingerprint density at radius 3 is 2.75 bits per heavy atom. The third-order valence-corrected chi connectivity index (χ3v) is 3.71. The Morgan fingerprint density at radius 2 is 2.06 bits per heavy atom. The van der Waals surface area contributed by atoms with Gasteiger partial charge in [0.2, 0.25) is 5.91 Å². The van der Waals surface area contributed by atoms with Crippen LogP contribution in [0.4, 0.5) is 0 Å². The second-order valence-electron chi connectivity index (χ2n) is 4.76. The molecule has 0 bridgehead atoms. The van der Waals surface area contributed by atoms with Crippen molar-refractivity contribution in [3.63, 3.8) is 0 Å². The molecule has 92 valence electrons. The van der Waals surface area contributed by atoms with Crippen molar-refractivity contribution in [2.75, 3.05) is 26.4 Å². The fourth-order valence-corrected chi connectivity index (χ4v) is 2.88. The van der Waals surface area contributed by atoms with Crippen LogP contribution in [0.15, 0.2) is 0 Å². The summed E-state index contributed by atoms with van der Waals surface area (Å²) in [5.41, 5.74) is 0. The molecule has 4 nitrogen and oxygen atoms in total. The predicted octanol–water partition coefficient (Wildman–Crippen LogP) is 0.548. The summed E-state index contributed by atoms with van der Waals surface area (Å²) in [6, 6.07) is 0. The standard InChI is InChI=1S/C12H21NO3/c14-6-8-16-7-2-5-13-12(15)11-9-3-1-4-10(9)11/h9-11,14H,1-8H2,(H,13,15). The van der Waals surface area contributed by atoms with Crippen molar-refractivity contribution in [1.82, 2.24) is 5.32 Å². The van der Waals surface area contributed by atoms with Crippen molar-refractivity contribution in [1.29, 1.82) is 0 Å². The first-order valence-corrected chi connectivity index (χ1v) is 6.31. The van der Waals surface area contributed by atoms with Crippen LogP contribution < -0.4 is 5.32 Å². The van der Waals surface area contributed by atoms with Gasteiger partial charge in [-0.25, -0.2) is 0 Å². The van der Waals surface area contributed by atoms with Gasteiger partial charge in [-0.15, -0.1) is 0 Å². The zero-order valence-electron chi connectivity index (χ0n) is 9.65. The summed E-state index contributed by atoms with van der Waals surface area (Å²) in [5.74, 6) is 1.97. The SMILES string of the molecule is O=C(NCCCOCCO)C1C2CCCC21. The van der Waals surface area contributed by atoms with Crippen LogP contribution in [0.3, 0.4) is 0 Å². The molecule has 1 amide bonds. The number of carbonyl (C=O) groups is 1. The van der Waals surface area contributed by atoms with Crippen molar-refractivity contribution in [3.05, 3.63) is 0 Å². The molecular formula is C12H21NO3. The second-order valence-corrected chi connectivity index (χ2v) is 4.76. The van der Waals surface area contributed by atoms with Crippen LogP contribution in [0.2, 0.25) is 0 Å². The molecule has 4 heteroatoms. The molecule has 2 saturated carbocycles. The van der Waals surface area contributed by atoms with E-state index in [1.54, 1.807) is 0 Å². The number of carbonyl (C=O) groups excluding carboxylic acids is 1. The van der Waals surface area contributed by atoms with E-state index in [0.717, 1.165) is 6.42 Å². The number of fused-ring (bicyclic) bond motifs is 1. The summed E-state index contributed by atoms with van der Waals surface area (Å²) in [5, 5.41) is 11.5. The Hall–Kier alpha value is -0.610. The van der Waals surface area contributed by atoms with E-state index in [2.05, 4.69) is 5.32 Å². The fraction of sp³-hybridized carbons (Fsp3) is 0.917. The number of aliphatic hydroxyl groups is 1. The third-order valence-electron chi connectivity index (χ3n) is 3.71. The molecule has 2 aliphatic rings. The number of amides is 1. The van der Waals surface area contributed by atoms with Crippen molar-refractivity contribution >= 4 is 5.91 Å². The minimum atomic E-state index is 0.0673. The highest BCUT2D eigenvalue weighted by Gasteiger charge is 2.56. The van der Waals surface area contributed by atoms with Gasteiger partial charge in [-0.2, -0.15) is 0 Å². The molecule has 2 N–H and O–H groups in total. The first kappa shape index (κ1) is 11.9. The predicted molar refractivity (Wildman–Crippen MR) is 59.9 cm³/mol. The molecular weight excluding hydrogens is 206 g/mol. The van der Waals surface area contributed by atoms with E-state index in [4.69, 9.17) is 9.84 Å². The quantitative estimate of drug-likeness (QED) is 0.624. The first-order valence-electron chi connectivity index (χ1n) is 6.31. The van der Waals surface area contributed by atoms with Gasteiger partial charge >= 0.3 is 0 Å². The topological polar surface area (TPSA) is 58.6 Å². The third kappa shape index (κ3) is 2.74. The molecule has 2 fully saturated rings. The first-order chi connectivity index (χ1) is 7.84. The highest BCUT2D eigenvalue weighted by atomic mass is 16.5. The number of nitrogens with one attached hydrogen (secondary N) is 1. The molecule has 2 rings (SSSR count). The van der Waals surface area contributed by atoms with Gasteiger partial charge in [-0.05, 0) is 31.1 Å². The van der Waals surface area contributed by atoms with Gasteiger partial charge in [-0.1, -0.05) is 6.42 Å². The molecule has 0 aromatic heterocycles. The van der Waals surface area contributed by atoms with Gasteiger partial charge in [0.05, 0.1) is 13.2 Å². The van der Waals surface area contributed by atoms with Crippen molar-refractivity contribution < 1.29 is 14.6 Å². The highest BCUT2D eigenvalue weighted by Crippen LogP contribution is 2.57. The molecule has 0 aromatic rings. The Kier molecular flexibility index (Phi) is 4.18. The van der Waals surface area contributed by atoms with E-state index < -0.39 is 0 Å². The van der Waals surface area contributed by atoms with E-state index >= 15 is 0 Å². The van der Waals surface area contributed by atoms with E-state index in [1.165, 1.54) is 19.3 Å². The van der Waals surface area contributed by atoms with E-state index in [1.807, 2.05) is 0 Å². The highest BCUT2D eigenvalue weighted by molar-refractivity contribution is 5.82. The lowest BCUT2D eigenvalue weighted by molar-refractivity contribution is -0.123. The maximum Gasteiger partial charge on any atom is 0.223 e. The van der Waals surface area contributed by atoms with Gasteiger partial charge in [-0.3, -0.25) is 4.79 Å². The minimum Gasteiger partial charge on any atom is -0.394 e. The second kappa shape index (κ2) is 5.64. The maximum atomic E-state index is 11.7. The van der Waals surface area contributed by atoms with Gasteiger partial charge < -0.3 is 15.2 Å². The number of aliphatic hydroxyl groups excluding tert-OH is 1. The molecule has 0 heterocycles. The van der Waals surface area contributed by atoms with Gasteiger partial charge in [0, 0.05) is 19.1 Å². The lowest BCUT2D eigenvalue weighted by atomic mass is 10.1. The molecule has 0 spiro atoms. The van der Waals surface area contributed by atoms with Crippen LogP contribution in [0.5, 0.6) is 0 Å². The minimum absolute atomic E-state index is 0.0673. The molecule has 16 heavy (non-hydrogen) atoms. The van der Waals surface area contributed by atoms with Crippen molar-refractivity contribution in [3.8, 4) is 0 Å². The molecule has 0 aromatic carbocycles. The Labute approximate surface area is 96.4 Å². The molecule has 0 radical (unpaired) electrons. The van der Waals surface area contributed by atoms with Gasteiger partial charge in [0.1, 0.15) is 0 Å². The molecule has 2 unspecified atom stereocenters. The van der Waals surface area contributed by atoms with Crippen LogP contribution in [0, 0.1) is 17.8 Å². The Bertz CT molecular complexity index is 234. The molecule has 2 aliphatic carbocycles. The van der Waals surface area contributed by atoms with E-state index in [0.29, 0.717) is 37.5 Å². The van der Waals surface area contributed by atoms with Gasteiger partial charge in [0.25, 0.3) is 0 Å². The van der Waals surface area contributed by atoms with Crippen molar-refractivity contribution in [2.24, 2.45) is 17.8 Å². The smallest absolute Gasteiger partial charge is 0.223 e. The van der Waals surface area contributed by atoms with Crippen LogP contribution in [-0.4, -0.2) is 37.4 Å². The maximum absolute atomic E-state index is 11.7. The number of ether oxygens (including phenoxy) is 1. The summed E-state index contributed by atoms with van der Waals surface area (Å²) in [6.07, 6.45) is 4.65. The monoisotopic (exact) mass is 227 g/mol. The Morgan fingerprint density at radius 1 is 1.31 bits per heavy atom. The fourth-order valence-electron chi connectivity index (χ4n) is 2.88. The summed E-state index contributed by atoms with van der Waals surface area (Å²) in [6.45, 7) is 1.76. The van der Waals surface area contributed by atoms with Crippen LogP contribution in [-0.2, 0) is 9.53 Å². The van der Waals surface area contributed by atoms with E-state index in [-0.39, 0.29) is 12.5 Å². The average Bonchev–Trinajstić information content (AvgIpc) is 2.77. The molecule has 0 saturated heterocycles. The number of hydrogen-bond donors (Lipinski definition) is 2. The molecule has 0 aliphatic heterocycles. The largest absolute Gasteiger partial charge is 0.394 e. The summed E-state index contributed by atoms with van der Waals surface area (Å²) < 4.78 is 5.11. The van der Waals surface area contributed by atoms with E-state index in [9.17, 15) is 4.79 Å². The van der Waals surface area contributed by atoms with Crippen molar-refractivity contribution in [2.45, 2.75) is 25.7 Å². The van der Waals surface area contributed by atoms with Gasteiger partial charge in [0.15, 0.2) is 0 Å². The lowest BCUT2D eigenvalue weighted by Gasteiger charge is -2.06. The van der Waals surface area contributed by atoms with Crippen LogP contribution in [0.25, 0.3) is 0 Å². The van der Waals surface area contributed by atoms with Crippen LogP contribution >= 0.6 is 0 Å². The Balaban J connectivity index is 1.49. The van der Waals surface area contributed by atoms with Crippen LogP contribution in [0.1, 0.15) is 25.7 Å². The summed E-state index contributed by atoms with van der Waals surface area (Å²) in [7, 11) is 0. The summed E-state index contributed by atoms with van der Waals surface area (Å²) in [4.78, 5) is 11.7. The zero-order valence-corrected chi connectivity index (χ0v) is 9.65. The average molecular weight is 227 g/mol. The number of hydrogen-bond acceptors (Lipinski definition) is 3.